The topological polar surface area (TPSA) is 59.0 Å². The van der Waals surface area contributed by atoms with Crippen molar-refractivity contribution in [1.82, 2.24) is 4.90 Å². The lowest BCUT2D eigenvalue weighted by Crippen LogP contribution is -2.51. The molecule has 1 saturated heterocycles. The molecule has 1 rings (SSSR count). The van der Waals surface area contributed by atoms with Crippen molar-refractivity contribution in [2.75, 3.05) is 19.7 Å². The highest BCUT2D eigenvalue weighted by Gasteiger charge is 2.43. The van der Waals surface area contributed by atoms with Gasteiger partial charge in [-0.2, -0.15) is 0 Å². The summed E-state index contributed by atoms with van der Waals surface area (Å²) in [6, 6.07) is 0. The van der Waals surface area contributed by atoms with Gasteiger partial charge in [-0.05, 0) is 27.7 Å². The molecule has 0 aromatic rings. The number of alkyl halides is 1. The standard InChI is InChI=1S/C13H24FNO4/c1-5-18-10(16)13(14)6-8-15(9-7-13)11(17)19-12(2,3)4/h10,16H,5-9H2,1-4H3. The van der Waals surface area contributed by atoms with Gasteiger partial charge in [0.05, 0.1) is 0 Å². The van der Waals surface area contributed by atoms with Crippen molar-refractivity contribution in [1.29, 1.82) is 0 Å². The number of carbonyl (C=O) groups is 1. The number of aliphatic hydroxyl groups excluding tert-OH is 1. The Morgan fingerprint density at radius 3 is 2.37 bits per heavy atom. The van der Waals surface area contributed by atoms with Crippen LogP contribution < -0.4 is 0 Å². The molecule has 0 saturated carbocycles. The average molecular weight is 277 g/mol. The Labute approximate surface area is 113 Å². The lowest BCUT2D eigenvalue weighted by atomic mass is 9.93. The van der Waals surface area contributed by atoms with Crippen molar-refractivity contribution in [2.45, 2.75) is 58.1 Å². The van der Waals surface area contributed by atoms with E-state index in [0.29, 0.717) is 0 Å². The maximum Gasteiger partial charge on any atom is 0.410 e. The van der Waals surface area contributed by atoms with Crippen molar-refractivity contribution in [3.8, 4) is 0 Å². The number of carbonyl (C=O) groups excluding carboxylic acids is 1. The number of hydrogen-bond acceptors (Lipinski definition) is 4. The largest absolute Gasteiger partial charge is 0.444 e. The smallest absolute Gasteiger partial charge is 0.410 e. The first-order valence-electron chi connectivity index (χ1n) is 6.64. The molecule has 1 N–H and O–H groups in total. The van der Waals surface area contributed by atoms with Gasteiger partial charge in [0.25, 0.3) is 0 Å². The van der Waals surface area contributed by atoms with E-state index in [0.717, 1.165) is 0 Å². The number of nitrogens with zero attached hydrogens (tertiary/aromatic N) is 1. The second-order valence-electron chi connectivity index (χ2n) is 5.81. The molecule has 0 bridgehead atoms. The number of likely N-dealkylation sites (tertiary alicyclic amines) is 1. The quantitative estimate of drug-likeness (QED) is 0.802. The number of rotatable bonds is 3. The van der Waals surface area contributed by atoms with E-state index in [9.17, 15) is 14.3 Å². The van der Waals surface area contributed by atoms with Gasteiger partial charge in [0, 0.05) is 32.5 Å². The van der Waals surface area contributed by atoms with E-state index in [-0.39, 0.29) is 32.5 Å². The molecule has 0 radical (unpaired) electrons. The number of amides is 1. The second-order valence-corrected chi connectivity index (χ2v) is 5.81. The molecule has 5 nitrogen and oxygen atoms in total. The number of piperidine rings is 1. The third-order valence-electron chi connectivity index (χ3n) is 3.01. The minimum atomic E-state index is -1.78. The van der Waals surface area contributed by atoms with Crippen molar-refractivity contribution < 1.29 is 23.8 Å². The summed E-state index contributed by atoms with van der Waals surface area (Å²) in [7, 11) is 0. The molecule has 1 unspecified atom stereocenters. The monoisotopic (exact) mass is 277 g/mol. The maximum absolute atomic E-state index is 14.4. The highest BCUT2D eigenvalue weighted by Crippen LogP contribution is 2.31. The van der Waals surface area contributed by atoms with Gasteiger partial charge in [0.1, 0.15) is 5.60 Å². The normalized spacial score (nSPS) is 21.1. The van der Waals surface area contributed by atoms with Gasteiger partial charge < -0.3 is 19.5 Å². The SMILES string of the molecule is CCOC(O)C1(F)CCN(C(=O)OC(C)(C)C)CC1. The molecular weight excluding hydrogens is 253 g/mol. The van der Waals surface area contributed by atoms with Crippen LogP contribution in [0.3, 0.4) is 0 Å². The highest BCUT2D eigenvalue weighted by atomic mass is 19.1. The number of halogens is 1. The number of aliphatic hydroxyl groups is 1. The van der Waals surface area contributed by atoms with E-state index in [4.69, 9.17) is 9.47 Å². The van der Waals surface area contributed by atoms with Crippen molar-refractivity contribution in [3.05, 3.63) is 0 Å². The first kappa shape index (κ1) is 16.2. The van der Waals surface area contributed by atoms with Gasteiger partial charge in [-0.15, -0.1) is 0 Å². The lowest BCUT2D eigenvalue weighted by molar-refractivity contribution is -0.193. The molecule has 0 aromatic carbocycles. The third kappa shape index (κ3) is 4.62. The van der Waals surface area contributed by atoms with Gasteiger partial charge in [-0.25, -0.2) is 9.18 Å². The van der Waals surface area contributed by atoms with E-state index in [2.05, 4.69) is 0 Å². The van der Waals surface area contributed by atoms with Crippen molar-refractivity contribution in [2.24, 2.45) is 0 Å². The zero-order chi connectivity index (χ0) is 14.7. The predicted octanol–water partition coefficient (Wildman–Crippen LogP) is 2.08. The Morgan fingerprint density at radius 2 is 1.95 bits per heavy atom. The van der Waals surface area contributed by atoms with E-state index < -0.39 is 23.7 Å². The van der Waals surface area contributed by atoms with Crippen LogP contribution in [0.25, 0.3) is 0 Å². The van der Waals surface area contributed by atoms with Crippen molar-refractivity contribution in [3.63, 3.8) is 0 Å². The van der Waals surface area contributed by atoms with E-state index in [1.54, 1.807) is 27.7 Å². The number of hydrogen-bond donors (Lipinski definition) is 1. The van der Waals surface area contributed by atoms with Crippen LogP contribution in [-0.4, -0.2) is 53.4 Å². The fourth-order valence-electron chi connectivity index (χ4n) is 1.94. The van der Waals surface area contributed by atoms with Gasteiger partial charge in [-0.1, -0.05) is 0 Å². The Morgan fingerprint density at radius 1 is 1.42 bits per heavy atom. The van der Waals surface area contributed by atoms with Gasteiger partial charge in [-0.3, -0.25) is 0 Å². The summed E-state index contributed by atoms with van der Waals surface area (Å²) in [5.74, 6) is 0. The minimum Gasteiger partial charge on any atom is -0.444 e. The molecule has 0 aliphatic carbocycles. The van der Waals surface area contributed by atoms with Gasteiger partial charge in [0.15, 0.2) is 12.0 Å². The summed E-state index contributed by atoms with van der Waals surface area (Å²) >= 11 is 0. The van der Waals surface area contributed by atoms with E-state index in [1.165, 1.54) is 4.90 Å². The Kier molecular flexibility index (Phi) is 5.15. The molecule has 1 amide bonds. The second kappa shape index (κ2) is 6.05. The summed E-state index contributed by atoms with van der Waals surface area (Å²) in [6.07, 6.45) is -1.78. The predicted molar refractivity (Wildman–Crippen MR) is 68.5 cm³/mol. The fraction of sp³-hybridized carbons (Fsp3) is 0.923. The summed E-state index contributed by atoms with van der Waals surface area (Å²) < 4.78 is 24.5. The lowest BCUT2D eigenvalue weighted by Gasteiger charge is -2.38. The molecule has 1 aliphatic rings. The average Bonchev–Trinajstić information content (AvgIpc) is 2.27. The molecule has 19 heavy (non-hydrogen) atoms. The van der Waals surface area contributed by atoms with Crippen LogP contribution in [0.4, 0.5) is 9.18 Å². The molecule has 1 atom stereocenters. The van der Waals surface area contributed by atoms with Crippen LogP contribution in [0.2, 0.25) is 0 Å². The van der Waals surface area contributed by atoms with E-state index >= 15 is 0 Å². The summed E-state index contributed by atoms with van der Waals surface area (Å²) in [5.41, 5.74) is -2.35. The Balaban J connectivity index is 2.50. The molecular formula is C13H24FNO4. The summed E-state index contributed by atoms with van der Waals surface area (Å²) in [5, 5.41) is 9.61. The Bertz CT molecular complexity index is 308. The summed E-state index contributed by atoms with van der Waals surface area (Å²) in [6.45, 7) is 7.74. The molecule has 6 heteroatoms. The molecule has 1 aliphatic heterocycles. The van der Waals surface area contributed by atoms with E-state index in [1.807, 2.05) is 0 Å². The zero-order valence-electron chi connectivity index (χ0n) is 12.1. The molecule has 1 heterocycles. The van der Waals surface area contributed by atoms with Gasteiger partial charge in [0.2, 0.25) is 0 Å². The van der Waals surface area contributed by atoms with Crippen LogP contribution in [0, 0.1) is 0 Å². The molecule has 1 fully saturated rings. The third-order valence-corrected chi connectivity index (χ3v) is 3.01. The molecule has 0 aromatic heterocycles. The number of ether oxygens (including phenoxy) is 2. The van der Waals surface area contributed by atoms with Crippen LogP contribution in [0.15, 0.2) is 0 Å². The molecule has 112 valence electrons. The van der Waals surface area contributed by atoms with Crippen LogP contribution in [0.1, 0.15) is 40.5 Å². The first-order chi connectivity index (χ1) is 8.68. The minimum absolute atomic E-state index is 0.0490. The fourth-order valence-corrected chi connectivity index (χ4v) is 1.94. The van der Waals surface area contributed by atoms with Crippen LogP contribution in [0.5, 0.6) is 0 Å². The van der Waals surface area contributed by atoms with Crippen LogP contribution >= 0.6 is 0 Å². The highest BCUT2D eigenvalue weighted by molar-refractivity contribution is 5.68. The molecule has 0 spiro atoms. The maximum atomic E-state index is 14.4. The first-order valence-corrected chi connectivity index (χ1v) is 6.64. The Hall–Kier alpha value is -0.880. The van der Waals surface area contributed by atoms with Crippen LogP contribution in [-0.2, 0) is 9.47 Å². The summed E-state index contributed by atoms with van der Waals surface area (Å²) in [4.78, 5) is 13.3. The van der Waals surface area contributed by atoms with Gasteiger partial charge >= 0.3 is 6.09 Å². The zero-order valence-corrected chi connectivity index (χ0v) is 12.1. The van der Waals surface area contributed by atoms with Crippen molar-refractivity contribution >= 4 is 6.09 Å².